The van der Waals surface area contributed by atoms with Crippen LogP contribution < -0.4 is 77.8 Å². The van der Waals surface area contributed by atoms with Crippen LogP contribution in [0.5, 0.6) is 0 Å². The molecule has 0 bridgehead atoms. The van der Waals surface area contributed by atoms with E-state index in [1.165, 1.54) is 26.6 Å². The first-order valence-corrected chi connectivity index (χ1v) is 9.90. The standard InChI is InChI=1S/C18H22F2N7O3S.K/c19-13-5-12(27-10-11(24-27)8-23-18(30)31)6-14(20)17(13)26-3-1-25(2-4-26)16(29)9-22-15(28)7-21;/h5-6,10H,1-4,7-9,21H2,(H,22,28)(H2,23,30,31);/q-1;+1. The van der Waals surface area contributed by atoms with Gasteiger partial charge in [0.15, 0.2) is 11.6 Å². The van der Waals surface area contributed by atoms with Crippen LogP contribution in [0.2, 0.25) is 0 Å². The fourth-order valence-corrected chi connectivity index (χ4v) is 3.26. The number of carbonyl (C=O) groups is 3. The van der Waals surface area contributed by atoms with Crippen molar-refractivity contribution in [1.82, 2.24) is 25.3 Å². The summed E-state index contributed by atoms with van der Waals surface area (Å²) in [5, 5.41) is 8.42. The fraction of sp³-hybridized carbons (Fsp3) is 0.389. The topological polar surface area (TPSA) is 127 Å². The van der Waals surface area contributed by atoms with Crippen LogP contribution in [0.3, 0.4) is 0 Å². The van der Waals surface area contributed by atoms with Gasteiger partial charge in [-0.25, -0.2) is 8.78 Å². The number of nitrogens with one attached hydrogen (secondary N) is 2. The second-order valence-corrected chi connectivity index (χ2v) is 7.24. The van der Waals surface area contributed by atoms with Crippen molar-refractivity contribution in [2.45, 2.75) is 6.54 Å². The summed E-state index contributed by atoms with van der Waals surface area (Å²) in [5.74, 6) is -2.20. The number of nitrogens with zero attached hydrogens (tertiary/aromatic N) is 4. The molecule has 1 fully saturated rings. The molecular weight excluding hydrogens is 471 g/mol. The largest absolute Gasteiger partial charge is 1.00 e. The van der Waals surface area contributed by atoms with Crippen LogP contribution in [0, 0.1) is 11.6 Å². The van der Waals surface area contributed by atoms with E-state index in [0.717, 1.165) is 0 Å². The normalized spacial score (nSPS) is 13.5. The van der Waals surface area contributed by atoms with Crippen molar-refractivity contribution in [3.05, 3.63) is 35.7 Å². The van der Waals surface area contributed by atoms with E-state index in [-0.39, 0.29) is 114 Å². The average molecular weight is 494 g/mol. The quantitative estimate of drug-likeness (QED) is 0.235. The van der Waals surface area contributed by atoms with Crippen molar-refractivity contribution in [3.8, 4) is 5.69 Å². The molecule has 1 saturated heterocycles. The van der Waals surface area contributed by atoms with Gasteiger partial charge >= 0.3 is 51.4 Å². The molecule has 1 aliphatic rings. The van der Waals surface area contributed by atoms with Crippen LogP contribution in [-0.4, -0.2) is 65.9 Å². The molecule has 0 spiro atoms. The third-order valence-corrected chi connectivity index (χ3v) is 4.92. The number of benzene rings is 1. The summed E-state index contributed by atoms with van der Waals surface area (Å²) in [6.07, 6.45) is 1.55. The summed E-state index contributed by atoms with van der Waals surface area (Å²) >= 11 is 3.58. The number of piperazine rings is 1. The number of nitrogens with two attached hydrogens (primary N) is 1. The van der Waals surface area contributed by atoms with Gasteiger partial charge in [-0.2, -0.15) is 0 Å². The molecule has 2 aromatic rings. The molecule has 0 radical (unpaired) electrons. The molecule has 168 valence electrons. The van der Waals surface area contributed by atoms with Crippen molar-refractivity contribution in [2.75, 3.05) is 44.2 Å². The van der Waals surface area contributed by atoms with Gasteiger partial charge in [0, 0.05) is 38.4 Å². The molecular formula is C18H22F2KN7O3S. The number of anilines is 1. The van der Waals surface area contributed by atoms with Crippen molar-refractivity contribution in [2.24, 2.45) is 5.73 Å². The number of rotatable bonds is 7. The first-order chi connectivity index (χ1) is 14.8. The smallest absolute Gasteiger partial charge is 0.591 e. The third kappa shape index (κ3) is 6.79. The van der Waals surface area contributed by atoms with E-state index in [2.05, 4.69) is 28.4 Å². The molecule has 10 nitrogen and oxygen atoms in total. The van der Waals surface area contributed by atoms with Gasteiger partial charge in [-0.1, -0.05) is 12.6 Å². The second-order valence-electron chi connectivity index (χ2n) is 6.83. The van der Waals surface area contributed by atoms with Gasteiger partial charge in [0.25, 0.3) is 5.24 Å². The average Bonchev–Trinajstić information content (AvgIpc) is 2.70. The van der Waals surface area contributed by atoms with Crippen molar-refractivity contribution >= 4 is 35.4 Å². The Morgan fingerprint density at radius 2 is 1.69 bits per heavy atom. The Bertz CT molecular complexity index is 941. The zero-order chi connectivity index (χ0) is 22.5. The monoisotopic (exact) mass is 493 g/mol. The van der Waals surface area contributed by atoms with Crippen LogP contribution >= 0.6 is 12.6 Å². The zero-order valence-corrected chi connectivity index (χ0v) is 21.5. The minimum atomic E-state index is -0.745. The number of aromatic nitrogens is 2. The number of carbonyl (C=O) groups excluding carboxylic acids is 3. The van der Waals surface area contributed by atoms with Crippen molar-refractivity contribution in [1.29, 1.82) is 0 Å². The molecule has 4 N–H and O–H groups in total. The van der Waals surface area contributed by atoms with Crippen molar-refractivity contribution < 1.29 is 74.5 Å². The minimum Gasteiger partial charge on any atom is -0.591 e. The van der Waals surface area contributed by atoms with E-state index in [4.69, 9.17) is 5.73 Å². The van der Waals surface area contributed by atoms with Gasteiger partial charge in [-0.05, 0) is 18.3 Å². The number of halogens is 2. The van der Waals surface area contributed by atoms with Crippen LogP contribution in [0.15, 0.2) is 18.3 Å². The van der Waals surface area contributed by atoms with E-state index >= 15 is 0 Å². The van der Waals surface area contributed by atoms with E-state index in [0.29, 0.717) is 5.69 Å². The molecule has 1 aromatic carbocycles. The van der Waals surface area contributed by atoms with Gasteiger partial charge < -0.3 is 35.9 Å². The van der Waals surface area contributed by atoms with Gasteiger partial charge in [-0.3, -0.25) is 14.4 Å². The SMILES string of the molecule is NCC(=O)NCC(=O)N1CCN(c2c(F)cc(-n3cc(CNC(=O)S)[n-]3)cc2F)CC1.[K+]. The Labute approximate surface area is 231 Å². The van der Waals surface area contributed by atoms with Crippen molar-refractivity contribution in [3.63, 3.8) is 0 Å². The Kier molecular flexibility index (Phi) is 10.2. The number of hydrogen-bond acceptors (Lipinski definition) is 5. The Hall–Kier alpha value is -1.42. The Morgan fingerprint density at radius 1 is 1.09 bits per heavy atom. The Morgan fingerprint density at radius 3 is 2.22 bits per heavy atom. The summed E-state index contributed by atoms with van der Waals surface area (Å²) in [5.41, 5.74) is 5.76. The van der Waals surface area contributed by atoms with E-state index in [1.54, 1.807) is 6.20 Å². The molecule has 0 unspecified atom stereocenters. The molecule has 2 heterocycles. The fourth-order valence-electron chi connectivity index (χ4n) is 3.18. The Balaban J connectivity index is 0.00000363. The number of hydrogen-bond donors (Lipinski definition) is 4. The molecule has 0 atom stereocenters. The van der Waals surface area contributed by atoms with Crippen LogP contribution in [0.4, 0.5) is 19.3 Å². The molecule has 1 aliphatic heterocycles. The molecule has 1 aromatic heterocycles. The van der Waals surface area contributed by atoms with Gasteiger partial charge in [0.1, 0.15) is 5.69 Å². The molecule has 32 heavy (non-hydrogen) atoms. The first kappa shape index (κ1) is 26.8. The number of thiol groups is 1. The van der Waals surface area contributed by atoms with E-state index < -0.39 is 22.8 Å². The van der Waals surface area contributed by atoms with E-state index in [1.807, 2.05) is 0 Å². The van der Waals surface area contributed by atoms with Gasteiger partial charge in [0.2, 0.25) is 11.8 Å². The molecule has 3 rings (SSSR count). The van der Waals surface area contributed by atoms with Crippen LogP contribution in [0.1, 0.15) is 5.69 Å². The maximum Gasteiger partial charge on any atom is 1.00 e. The zero-order valence-electron chi connectivity index (χ0n) is 17.5. The summed E-state index contributed by atoms with van der Waals surface area (Å²) < 4.78 is 30.7. The van der Waals surface area contributed by atoms with E-state index in [9.17, 15) is 23.2 Å². The van der Waals surface area contributed by atoms with Gasteiger partial charge in [0.05, 0.1) is 13.1 Å². The maximum atomic E-state index is 14.7. The summed E-state index contributed by atoms with van der Waals surface area (Å²) in [4.78, 5) is 37.1. The van der Waals surface area contributed by atoms with Gasteiger partial charge in [-0.15, -0.1) is 5.69 Å². The molecule has 14 heteroatoms. The maximum absolute atomic E-state index is 14.7. The molecule has 3 amide bonds. The second kappa shape index (κ2) is 12.2. The third-order valence-electron chi connectivity index (χ3n) is 4.77. The number of amides is 3. The first-order valence-electron chi connectivity index (χ1n) is 9.45. The predicted molar refractivity (Wildman–Crippen MR) is 111 cm³/mol. The predicted octanol–water partition coefficient (Wildman–Crippen LogP) is -3.42. The summed E-state index contributed by atoms with van der Waals surface area (Å²) in [6, 6.07) is 2.35. The molecule has 0 aliphatic carbocycles. The minimum absolute atomic E-state index is 0. The van der Waals surface area contributed by atoms with Crippen LogP contribution in [-0.2, 0) is 16.1 Å². The van der Waals surface area contributed by atoms with Crippen LogP contribution in [0.25, 0.3) is 5.69 Å². The summed E-state index contributed by atoms with van der Waals surface area (Å²) in [6.45, 7) is 0.811. The summed E-state index contributed by atoms with van der Waals surface area (Å²) in [7, 11) is 0. The molecule has 0 saturated carbocycles.